The number of nitrogens with one attached hydrogen (secondary N) is 1. The topological polar surface area (TPSA) is 76.7 Å². The van der Waals surface area contributed by atoms with Crippen LogP contribution in [0.4, 0.5) is 0 Å². The summed E-state index contributed by atoms with van der Waals surface area (Å²) in [6, 6.07) is 11.3. The van der Waals surface area contributed by atoms with Crippen LogP contribution in [0.5, 0.6) is 11.5 Å². The van der Waals surface area contributed by atoms with Gasteiger partial charge in [-0.1, -0.05) is 23.7 Å². The van der Waals surface area contributed by atoms with Gasteiger partial charge < -0.3 is 24.1 Å². The average Bonchev–Trinajstić information content (AvgIpc) is 3.22. The van der Waals surface area contributed by atoms with Crippen LogP contribution in [-0.4, -0.2) is 60.3 Å². The Labute approximate surface area is 178 Å². The summed E-state index contributed by atoms with van der Waals surface area (Å²) in [5, 5.41) is 0.446. The van der Waals surface area contributed by atoms with E-state index in [1.54, 1.807) is 17.0 Å². The van der Waals surface area contributed by atoms with E-state index in [0.29, 0.717) is 67.4 Å². The Balaban J connectivity index is 1.60. The minimum absolute atomic E-state index is 0.108. The average molecular weight is 426 g/mol. The Morgan fingerprint density at radius 2 is 1.90 bits per heavy atom. The number of carbonyl (C=O) groups is 1. The van der Waals surface area contributed by atoms with Crippen LogP contribution in [0.3, 0.4) is 0 Å². The first kappa shape index (κ1) is 19.0. The van der Waals surface area contributed by atoms with Gasteiger partial charge in [0.2, 0.25) is 0 Å². The van der Waals surface area contributed by atoms with Gasteiger partial charge in [0, 0.05) is 13.1 Å². The Kier molecular flexibility index (Phi) is 5.06. The minimum Gasteiger partial charge on any atom is -0.486 e. The number of hydrogen-bond acceptors (Lipinski definition) is 5. The number of benzene rings is 2. The molecule has 2 aliphatic rings. The standard InChI is InChI=1S/C22H20ClN3O4/c23-16-12-14(13-19-20(16)30-10-9-29-19)11-15(22(27)26-5-7-28-8-6-26)21-24-17-3-1-2-4-18(17)25-21/h1-4,11-13H,5-10H2,(H,24,25). The second-order valence-corrected chi connectivity index (χ2v) is 7.50. The van der Waals surface area contributed by atoms with Gasteiger partial charge in [-0.3, -0.25) is 4.79 Å². The number of aromatic nitrogens is 2. The van der Waals surface area contributed by atoms with Crippen molar-refractivity contribution in [3.05, 3.63) is 52.8 Å². The van der Waals surface area contributed by atoms with Crippen LogP contribution >= 0.6 is 11.6 Å². The molecule has 3 aromatic rings. The molecule has 8 heteroatoms. The van der Waals surface area contributed by atoms with Gasteiger partial charge in [-0.2, -0.15) is 0 Å². The smallest absolute Gasteiger partial charge is 0.257 e. The fourth-order valence-corrected chi connectivity index (χ4v) is 3.90. The highest BCUT2D eigenvalue weighted by molar-refractivity contribution is 6.32. The zero-order valence-electron chi connectivity index (χ0n) is 16.2. The van der Waals surface area contributed by atoms with Crippen LogP contribution in [0.2, 0.25) is 5.02 Å². The molecule has 0 atom stereocenters. The van der Waals surface area contributed by atoms with Gasteiger partial charge in [-0.25, -0.2) is 4.98 Å². The first-order valence-corrected chi connectivity index (χ1v) is 10.2. The lowest BCUT2D eigenvalue weighted by Crippen LogP contribution is -2.41. The first-order valence-electron chi connectivity index (χ1n) is 9.82. The van der Waals surface area contributed by atoms with E-state index >= 15 is 0 Å². The molecule has 30 heavy (non-hydrogen) atoms. The van der Waals surface area contributed by atoms with E-state index in [1.165, 1.54) is 0 Å². The number of carbonyl (C=O) groups excluding carboxylic acids is 1. The predicted octanol–water partition coefficient (Wildman–Crippen LogP) is 3.39. The summed E-state index contributed by atoms with van der Waals surface area (Å²) in [5.74, 6) is 1.51. The van der Waals surface area contributed by atoms with Crippen molar-refractivity contribution in [3.63, 3.8) is 0 Å². The zero-order valence-corrected chi connectivity index (χ0v) is 16.9. The highest BCUT2D eigenvalue weighted by Gasteiger charge is 2.25. The van der Waals surface area contributed by atoms with Gasteiger partial charge in [0.25, 0.3) is 5.91 Å². The van der Waals surface area contributed by atoms with Gasteiger partial charge in [-0.05, 0) is 35.9 Å². The highest BCUT2D eigenvalue weighted by Crippen LogP contribution is 2.39. The molecule has 0 aliphatic carbocycles. The summed E-state index contributed by atoms with van der Waals surface area (Å²) in [6.07, 6.45) is 1.79. The molecule has 0 unspecified atom stereocenters. The maximum Gasteiger partial charge on any atom is 0.257 e. The van der Waals surface area contributed by atoms with E-state index in [4.69, 9.17) is 25.8 Å². The van der Waals surface area contributed by atoms with E-state index in [1.807, 2.05) is 30.3 Å². The molecule has 0 saturated carbocycles. The van der Waals surface area contributed by atoms with E-state index in [9.17, 15) is 4.79 Å². The molecule has 1 saturated heterocycles. The first-order chi connectivity index (χ1) is 14.7. The van der Waals surface area contributed by atoms with Gasteiger partial charge in [-0.15, -0.1) is 0 Å². The third-order valence-electron chi connectivity index (χ3n) is 5.10. The second-order valence-electron chi connectivity index (χ2n) is 7.09. The SMILES string of the molecule is O=C(C(=Cc1cc(Cl)c2c(c1)OCCO2)c1nc2ccccc2[nH]1)N1CCOCC1. The molecule has 5 rings (SSSR count). The summed E-state index contributed by atoms with van der Waals surface area (Å²) in [4.78, 5) is 23.1. The quantitative estimate of drug-likeness (QED) is 0.651. The maximum atomic E-state index is 13.4. The molecule has 1 N–H and O–H groups in total. The lowest BCUT2D eigenvalue weighted by atomic mass is 10.1. The number of ether oxygens (including phenoxy) is 3. The molecular weight excluding hydrogens is 406 g/mol. The summed E-state index contributed by atoms with van der Waals surface area (Å²) in [6.45, 7) is 3.04. The van der Waals surface area contributed by atoms with E-state index in [2.05, 4.69) is 9.97 Å². The molecule has 0 radical (unpaired) electrons. The minimum atomic E-state index is -0.108. The second kappa shape index (κ2) is 8.01. The summed E-state index contributed by atoms with van der Waals surface area (Å²) >= 11 is 6.40. The third kappa shape index (κ3) is 3.62. The van der Waals surface area contributed by atoms with Gasteiger partial charge in [0.05, 0.1) is 34.8 Å². The summed E-state index contributed by atoms with van der Waals surface area (Å²) < 4.78 is 16.7. The largest absolute Gasteiger partial charge is 0.486 e. The van der Waals surface area contributed by atoms with E-state index in [0.717, 1.165) is 16.6 Å². The monoisotopic (exact) mass is 425 g/mol. The Hall–Kier alpha value is -3.03. The van der Waals surface area contributed by atoms with E-state index in [-0.39, 0.29) is 5.91 Å². The highest BCUT2D eigenvalue weighted by atomic mass is 35.5. The molecule has 3 heterocycles. The van der Waals surface area contributed by atoms with Crippen molar-refractivity contribution in [2.45, 2.75) is 0 Å². The molecule has 2 aliphatic heterocycles. The van der Waals surface area contributed by atoms with Gasteiger partial charge in [0.1, 0.15) is 19.0 Å². The van der Waals surface area contributed by atoms with Crippen molar-refractivity contribution >= 4 is 40.2 Å². The number of hydrogen-bond donors (Lipinski definition) is 1. The third-order valence-corrected chi connectivity index (χ3v) is 5.38. The zero-order chi connectivity index (χ0) is 20.5. The van der Waals surface area contributed by atoms with Crippen LogP contribution in [-0.2, 0) is 9.53 Å². The molecule has 1 amide bonds. The van der Waals surface area contributed by atoms with Crippen molar-refractivity contribution < 1.29 is 19.0 Å². The number of rotatable bonds is 3. The van der Waals surface area contributed by atoms with E-state index < -0.39 is 0 Å². The number of amides is 1. The molecule has 0 bridgehead atoms. The molecule has 1 fully saturated rings. The molecule has 0 spiro atoms. The van der Waals surface area contributed by atoms with Gasteiger partial charge >= 0.3 is 0 Å². The van der Waals surface area contributed by atoms with Gasteiger partial charge in [0.15, 0.2) is 11.5 Å². The number of morpholine rings is 1. The van der Waals surface area contributed by atoms with Crippen molar-refractivity contribution in [3.8, 4) is 11.5 Å². The number of fused-ring (bicyclic) bond motifs is 2. The molecule has 154 valence electrons. The Morgan fingerprint density at radius 1 is 1.10 bits per heavy atom. The van der Waals surface area contributed by atoms with Crippen LogP contribution < -0.4 is 9.47 Å². The fourth-order valence-electron chi connectivity index (χ4n) is 3.63. The number of aromatic amines is 1. The number of imidazole rings is 1. The van der Waals surface area contributed by atoms with Crippen LogP contribution in [0.1, 0.15) is 11.4 Å². The molecule has 2 aromatic carbocycles. The number of para-hydroxylation sites is 2. The maximum absolute atomic E-state index is 13.4. The van der Waals surface area contributed by atoms with Crippen molar-refractivity contribution in [2.24, 2.45) is 0 Å². The predicted molar refractivity (Wildman–Crippen MR) is 114 cm³/mol. The lowest BCUT2D eigenvalue weighted by Gasteiger charge is -2.27. The molecule has 7 nitrogen and oxygen atoms in total. The Morgan fingerprint density at radius 3 is 2.73 bits per heavy atom. The number of nitrogens with zero attached hydrogens (tertiary/aromatic N) is 2. The fraction of sp³-hybridized carbons (Fsp3) is 0.273. The molecular formula is C22H20ClN3O4. The van der Waals surface area contributed by atoms with Crippen molar-refractivity contribution in [1.29, 1.82) is 0 Å². The Bertz CT molecular complexity index is 1100. The van der Waals surface area contributed by atoms with Crippen LogP contribution in [0.15, 0.2) is 36.4 Å². The number of halogens is 1. The molecule has 1 aromatic heterocycles. The summed E-state index contributed by atoms with van der Waals surface area (Å²) in [7, 11) is 0. The summed E-state index contributed by atoms with van der Waals surface area (Å²) in [5.41, 5.74) is 2.86. The van der Waals surface area contributed by atoms with Crippen molar-refractivity contribution in [1.82, 2.24) is 14.9 Å². The van der Waals surface area contributed by atoms with Crippen LogP contribution in [0.25, 0.3) is 22.7 Å². The van der Waals surface area contributed by atoms with Crippen molar-refractivity contribution in [2.75, 3.05) is 39.5 Å². The number of H-pyrrole nitrogens is 1. The van der Waals surface area contributed by atoms with Crippen LogP contribution in [0, 0.1) is 0 Å². The normalized spacial score (nSPS) is 16.7. The lowest BCUT2D eigenvalue weighted by molar-refractivity contribution is -0.128.